The van der Waals surface area contributed by atoms with Gasteiger partial charge in [0.2, 0.25) is 6.43 Å². The van der Waals surface area contributed by atoms with Crippen LogP contribution in [-0.4, -0.2) is 39.0 Å². The number of amides is 2. The molecule has 30 heavy (non-hydrogen) atoms. The van der Waals surface area contributed by atoms with E-state index >= 15 is 0 Å². The van der Waals surface area contributed by atoms with E-state index in [9.17, 15) is 18.4 Å². The molecule has 1 atom stereocenters. The van der Waals surface area contributed by atoms with E-state index in [4.69, 9.17) is 5.21 Å². The van der Waals surface area contributed by atoms with Gasteiger partial charge in [0.05, 0.1) is 11.7 Å². The van der Waals surface area contributed by atoms with Crippen molar-refractivity contribution in [3.63, 3.8) is 0 Å². The molecular formula is C21H20F2N4O3. The first-order valence-corrected chi connectivity index (χ1v) is 8.78. The maximum Gasteiger partial charge on any atom is 0.266 e. The summed E-state index contributed by atoms with van der Waals surface area (Å²) < 4.78 is 28.3. The van der Waals surface area contributed by atoms with Gasteiger partial charge in [0.25, 0.3) is 11.8 Å². The van der Waals surface area contributed by atoms with Gasteiger partial charge in [0.15, 0.2) is 0 Å². The first kappa shape index (κ1) is 22.6. The lowest BCUT2D eigenvalue weighted by Gasteiger charge is -2.32. The van der Waals surface area contributed by atoms with E-state index in [2.05, 4.69) is 34.0 Å². The number of halogens is 2. The maximum atomic E-state index is 13.3. The minimum Gasteiger partial charge on any atom is -0.339 e. The average molecular weight is 414 g/mol. The van der Waals surface area contributed by atoms with E-state index in [0.717, 1.165) is 13.8 Å². The Balaban J connectivity index is 2.10. The van der Waals surface area contributed by atoms with Gasteiger partial charge < -0.3 is 9.88 Å². The Bertz CT molecular complexity index is 1040. The van der Waals surface area contributed by atoms with Crippen LogP contribution in [0.4, 0.5) is 8.78 Å². The van der Waals surface area contributed by atoms with Crippen LogP contribution in [0, 0.1) is 29.1 Å². The lowest BCUT2D eigenvalue weighted by molar-refractivity contribution is -0.137. The van der Waals surface area contributed by atoms with Crippen LogP contribution in [0.2, 0.25) is 0 Å². The zero-order valence-corrected chi connectivity index (χ0v) is 16.5. The van der Waals surface area contributed by atoms with Gasteiger partial charge in [0.1, 0.15) is 11.7 Å². The van der Waals surface area contributed by atoms with Crippen molar-refractivity contribution in [3.8, 4) is 23.7 Å². The lowest BCUT2D eigenvalue weighted by Crippen LogP contribution is -2.56. The summed E-state index contributed by atoms with van der Waals surface area (Å²) in [6, 6.07) is 4.35. The molecule has 0 aliphatic heterocycles. The Morgan fingerprint density at radius 3 is 2.33 bits per heavy atom. The SMILES string of the molecule is Cn1cnc(C#CC#Cc2ccc(C(=O)N[C@H](C(=O)NO)C(C)(C)C(F)F)cc2)c1. The minimum absolute atomic E-state index is 0.140. The summed E-state index contributed by atoms with van der Waals surface area (Å²) >= 11 is 0. The summed E-state index contributed by atoms with van der Waals surface area (Å²) in [6.45, 7) is 2.23. The van der Waals surface area contributed by atoms with Crippen LogP contribution in [0.15, 0.2) is 36.8 Å². The molecule has 3 N–H and O–H groups in total. The third-order valence-electron chi connectivity index (χ3n) is 4.27. The van der Waals surface area contributed by atoms with Crippen molar-refractivity contribution in [1.29, 1.82) is 0 Å². The minimum atomic E-state index is -2.91. The van der Waals surface area contributed by atoms with Crippen molar-refractivity contribution in [3.05, 3.63) is 53.6 Å². The Hall–Kier alpha value is -3.69. The molecule has 0 fully saturated rings. The largest absolute Gasteiger partial charge is 0.339 e. The Labute approximate surface area is 172 Å². The van der Waals surface area contributed by atoms with Crippen molar-refractivity contribution in [2.75, 3.05) is 0 Å². The van der Waals surface area contributed by atoms with Crippen molar-refractivity contribution in [2.45, 2.75) is 26.3 Å². The number of imidazole rings is 1. The van der Waals surface area contributed by atoms with Crippen LogP contribution >= 0.6 is 0 Å². The normalized spacial score (nSPS) is 11.6. The molecule has 0 unspecified atom stereocenters. The third kappa shape index (κ3) is 5.66. The summed E-state index contributed by atoms with van der Waals surface area (Å²) in [5, 5.41) is 11.1. The van der Waals surface area contributed by atoms with Gasteiger partial charge in [0, 0.05) is 24.4 Å². The van der Waals surface area contributed by atoms with E-state index < -0.39 is 29.7 Å². The number of alkyl halides is 2. The molecule has 0 spiro atoms. The van der Waals surface area contributed by atoms with Gasteiger partial charge in [-0.25, -0.2) is 19.2 Å². The Morgan fingerprint density at radius 2 is 1.80 bits per heavy atom. The molecular weight excluding hydrogens is 394 g/mol. The molecule has 0 saturated carbocycles. The molecule has 1 heterocycles. The number of rotatable bonds is 5. The van der Waals surface area contributed by atoms with Crippen LogP contribution in [0.5, 0.6) is 0 Å². The number of aromatic nitrogens is 2. The highest BCUT2D eigenvalue weighted by molar-refractivity contribution is 5.97. The highest BCUT2D eigenvalue weighted by atomic mass is 19.3. The molecule has 2 rings (SSSR count). The summed E-state index contributed by atoms with van der Waals surface area (Å²) in [5.41, 5.74) is 0.720. The van der Waals surface area contributed by atoms with E-state index in [-0.39, 0.29) is 5.56 Å². The number of nitrogens with one attached hydrogen (secondary N) is 2. The summed E-state index contributed by atoms with van der Waals surface area (Å²) in [5.74, 6) is 9.05. The predicted molar refractivity (Wildman–Crippen MR) is 104 cm³/mol. The van der Waals surface area contributed by atoms with Gasteiger partial charge in [-0.2, -0.15) is 0 Å². The van der Waals surface area contributed by atoms with E-state index in [0.29, 0.717) is 11.3 Å². The smallest absolute Gasteiger partial charge is 0.266 e. The molecule has 1 aromatic heterocycles. The quantitative estimate of drug-likeness (QED) is 0.394. The fourth-order valence-corrected chi connectivity index (χ4v) is 2.38. The van der Waals surface area contributed by atoms with Crippen molar-refractivity contribution >= 4 is 11.8 Å². The van der Waals surface area contributed by atoms with Gasteiger partial charge in [-0.15, -0.1) is 0 Å². The number of benzene rings is 1. The first-order chi connectivity index (χ1) is 14.1. The molecule has 0 saturated heterocycles. The number of hydrogen-bond acceptors (Lipinski definition) is 4. The van der Waals surface area contributed by atoms with Gasteiger partial charge in [-0.3, -0.25) is 14.8 Å². The second-order valence-electron chi connectivity index (χ2n) is 7.01. The molecule has 0 aliphatic rings. The fraction of sp³-hybridized carbons (Fsp3) is 0.286. The third-order valence-corrected chi connectivity index (χ3v) is 4.27. The van der Waals surface area contributed by atoms with Gasteiger partial charge in [-0.05, 0) is 42.0 Å². The van der Waals surface area contributed by atoms with Gasteiger partial charge >= 0.3 is 0 Å². The molecule has 0 radical (unpaired) electrons. The number of aryl methyl sites for hydroxylation is 1. The summed E-state index contributed by atoms with van der Waals surface area (Å²) in [6.07, 6.45) is 0.463. The second kappa shape index (κ2) is 9.68. The van der Waals surface area contributed by atoms with Crippen molar-refractivity contribution in [1.82, 2.24) is 20.3 Å². The Kier molecular flexibility index (Phi) is 7.29. The molecule has 2 aromatic rings. The zero-order valence-electron chi connectivity index (χ0n) is 16.5. The topological polar surface area (TPSA) is 96.2 Å². The molecule has 0 aliphatic carbocycles. The fourth-order valence-electron chi connectivity index (χ4n) is 2.38. The number of nitrogens with zero attached hydrogens (tertiary/aromatic N) is 2. The van der Waals surface area contributed by atoms with Crippen LogP contribution in [0.1, 0.15) is 35.5 Å². The van der Waals surface area contributed by atoms with Crippen LogP contribution < -0.4 is 10.8 Å². The average Bonchev–Trinajstić information content (AvgIpc) is 3.13. The van der Waals surface area contributed by atoms with Crippen molar-refractivity contribution in [2.24, 2.45) is 12.5 Å². The number of carbonyl (C=O) groups is 2. The highest BCUT2D eigenvalue weighted by Crippen LogP contribution is 2.29. The predicted octanol–water partition coefficient (Wildman–Crippen LogP) is 1.72. The second-order valence-corrected chi connectivity index (χ2v) is 7.01. The van der Waals surface area contributed by atoms with Crippen molar-refractivity contribution < 1.29 is 23.6 Å². The molecule has 1 aromatic carbocycles. The molecule has 0 bridgehead atoms. The molecule has 9 heteroatoms. The van der Waals surface area contributed by atoms with E-state index in [1.54, 1.807) is 29.2 Å². The number of hydrogen-bond donors (Lipinski definition) is 3. The van der Waals surface area contributed by atoms with E-state index in [1.165, 1.54) is 17.6 Å². The Morgan fingerprint density at radius 1 is 1.17 bits per heavy atom. The number of hydroxylamine groups is 1. The van der Waals surface area contributed by atoms with Crippen LogP contribution in [-0.2, 0) is 11.8 Å². The summed E-state index contributed by atoms with van der Waals surface area (Å²) in [7, 11) is 1.83. The van der Waals surface area contributed by atoms with E-state index in [1.807, 2.05) is 7.05 Å². The monoisotopic (exact) mass is 414 g/mol. The molecule has 156 valence electrons. The van der Waals surface area contributed by atoms with Crippen LogP contribution in [0.3, 0.4) is 0 Å². The zero-order chi connectivity index (χ0) is 22.3. The molecule has 7 nitrogen and oxygen atoms in total. The first-order valence-electron chi connectivity index (χ1n) is 8.78. The lowest BCUT2D eigenvalue weighted by atomic mass is 9.84. The summed E-state index contributed by atoms with van der Waals surface area (Å²) in [4.78, 5) is 28.2. The standard InChI is InChI=1S/C21H20F2N4O3/c1-21(2,20(22)23)17(19(29)26-30)25-18(28)15-10-8-14(9-11-15)6-4-5-7-16-12-27(3)13-24-16/h8-13,17,20,30H,1-3H3,(H,25,28)(H,26,29)/t17-/m1/s1. The maximum absolute atomic E-state index is 13.3. The van der Waals surface area contributed by atoms with Crippen LogP contribution in [0.25, 0.3) is 0 Å². The van der Waals surface area contributed by atoms with Gasteiger partial charge in [-0.1, -0.05) is 19.8 Å². The molecule has 2 amide bonds. The highest BCUT2D eigenvalue weighted by Gasteiger charge is 2.43. The number of carbonyl (C=O) groups excluding carboxylic acids is 2.